The molecule has 0 aliphatic rings. The third kappa shape index (κ3) is 5.95. The van der Waals surface area contributed by atoms with Gasteiger partial charge in [0.05, 0.1) is 13.7 Å². The maximum absolute atomic E-state index is 12.1. The first kappa shape index (κ1) is 17.9. The third-order valence-electron chi connectivity index (χ3n) is 3.87. The molecular formula is C20H25NO3. The predicted octanol–water partition coefficient (Wildman–Crippen LogP) is 3.56. The lowest BCUT2D eigenvalue weighted by atomic mass is 10.1. The van der Waals surface area contributed by atoms with Gasteiger partial charge in [0.1, 0.15) is 11.5 Å². The van der Waals surface area contributed by atoms with E-state index in [0.717, 1.165) is 24.3 Å². The Kier molecular flexibility index (Phi) is 7.15. The van der Waals surface area contributed by atoms with Crippen molar-refractivity contribution in [2.75, 3.05) is 27.3 Å². The van der Waals surface area contributed by atoms with E-state index >= 15 is 0 Å². The van der Waals surface area contributed by atoms with Gasteiger partial charge >= 0.3 is 0 Å². The molecule has 4 nitrogen and oxygen atoms in total. The molecule has 0 aliphatic heterocycles. The second-order valence-electron chi connectivity index (χ2n) is 5.68. The number of para-hydroxylation sites is 1. The summed E-state index contributed by atoms with van der Waals surface area (Å²) in [4.78, 5) is 13.9. The first-order chi connectivity index (χ1) is 11.7. The van der Waals surface area contributed by atoms with E-state index in [9.17, 15) is 4.79 Å². The molecule has 0 saturated heterocycles. The number of hydrogen-bond donors (Lipinski definition) is 0. The Hall–Kier alpha value is -2.49. The first-order valence-electron chi connectivity index (χ1n) is 8.24. The number of rotatable bonds is 9. The number of likely N-dealkylation sites (N-methyl/N-ethyl adjacent to an activating group) is 1. The van der Waals surface area contributed by atoms with E-state index in [-0.39, 0.29) is 5.91 Å². The Bertz CT molecular complexity index is 611. The van der Waals surface area contributed by atoms with Gasteiger partial charge in [0.25, 0.3) is 0 Å². The fourth-order valence-electron chi connectivity index (χ4n) is 2.33. The molecule has 2 aromatic rings. The lowest BCUT2D eigenvalue weighted by Crippen LogP contribution is -2.28. The van der Waals surface area contributed by atoms with Gasteiger partial charge in [-0.15, -0.1) is 0 Å². The van der Waals surface area contributed by atoms with Gasteiger partial charge in [0, 0.05) is 20.0 Å². The monoisotopic (exact) mass is 327 g/mol. The fraction of sp³-hybridized carbons (Fsp3) is 0.350. The van der Waals surface area contributed by atoms with E-state index < -0.39 is 0 Å². The van der Waals surface area contributed by atoms with Crippen molar-refractivity contribution >= 4 is 5.91 Å². The summed E-state index contributed by atoms with van der Waals surface area (Å²) in [6.07, 6.45) is 2.07. The number of carbonyl (C=O) groups is 1. The van der Waals surface area contributed by atoms with Crippen LogP contribution in [0.4, 0.5) is 0 Å². The normalized spacial score (nSPS) is 10.2. The third-order valence-corrected chi connectivity index (χ3v) is 3.87. The first-order valence-corrected chi connectivity index (χ1v) is 8.24. The standard InChI is InChI=1S/C20H25NO3/c1-21(15-14-17-10-12-18(23-2)13-11-17)20(22)9-6-16-24-19-7-4-3-5-8-19/h3-5,7-8,10-13H,6,9,14-16H2,1-2H3. The number of amides is 1. The smallest absolute Gasteiger partial charge is 0.222 e. The highest BCUT2D eigenvalue weighted by molar-refractivity contribution is 5.75. The summed E-state index contributed by atoms with van der Waals surface area (Å²) in [7, 11) is 3.51. The zero-order chi connectivity index (χ0) is 17.2. The van der Waals surface area contributed by atoms with E-state index in [1.165, 1.54) is 5.56 Å². The molecule has 1 amide bonds. The summed E-state index contributed by atoms with van der Waals surface area (Å²) in [5.41, 5.74) is 1.20. The average molecular weight is 327 g/mol. The zero-order valence-electron chi connectivity index (χ0n) is 14.4. The Morgan fingerprint density at radius 1 is 1.00 bits per heavy atom. The van der Waals surface area contributed by atoms with Crippen LogP contribution in [0.2, 0.25) is 0 Å². The molecule has 0 unspecified atom stereocenters. The number of ether oxygens (including phenoxy) is 2. The van der Waals surface area contributed by atoms with Crippen LogP contribution in [0.3, 0.4) is 0 Å². The van der Waals surface area contributed by atoms with Crippen LogP contribution in [-0.2, 0) is 11.2 Å². The second kappa shape index (κ2) is 9.60. The van der Waals surface area contributed by atoms with Gasteiger partial charge in [-0.1, -0.05) is 30.3 Å². The van der Waals surface area contributed by atoms with E-state index in [2.05, 4.69) is 0 Å². The van der Waals surface area contributed by atoms with Gasteiger partial charge in [0.2, 0.25) is 5.91 Å². The summed E-state index contributed by atoms with van der Waals surface area (Å²) < 4.78 is 10.7. The lowest BCUT2D eigenvalue weighted by Gasteiger charge is -2.17. The number of nitrogens with zero attached hydrogens (tertiary/aromatic N) is 1. The number of methoxy groups -OCH3 is 1. The number of hydrogen-bond acceptors (Lipinski definition) is 3. The Morgan fingerprint density at radius 3 is 2.38 bits per heavy atom. The number of benzene rings is 2. The lowest BCUT2D eigenvalue weighted by molar-refractivity contribution is -0.130. The van der Waals surface area contributed by atoms with Crippen molar-refractivity contribution < 1.29 is 14.3 Å². The molecule has 0 fully saturated rings. The molecule has 24 heavy (non-hydrogen) atoms. The van der Waals surface area contributed by atoms with Crippen LogP contribution in [0.15, 0.2) is 54.6 Å². The van der Waals surface area contributed by atoms with Gasteiger partial charge in [0.15, 0.2) is 0 Å². The Morgan fingerprint density at radius 2 is 1.71 bits per heavy atom. The highest BCUT2D eigenvalue weighted by Crippen LogP contribution is 2.12. The van der Waals surface area contributed by atoms with E-state index in [1.54, 1.807) is 12.0 Å². The van der Waals surface area contributed by atoms with Gasteiger partial charge in [-0.2, -0.15) is 0 Å². The van der Waals surface area contributed by atoms with Crippen molar-refractivity contribution in [3.63, 3.8) is 0 Å². The van der Waals surface area contributed by atoms with Crippen molar-refractivity contribution in [3.8, 4) is 11.5 Å². The minimum absolute atomic E-state index is 0.153. The van der Waals surface area contributed by atoms with Gasteiger partial charge in [-0.3, -0.25) is 4.79 Å². The largest absolute Gasteiger partial charge is 0.497 e. The van der Waals surface area contributed by atoms with Crippen LogP contribution in [0.1, 0.15) is 18.4 Å². The van der Waals surface area contributed by atoms with Gasteiger partial charge in [-0.25, -0.2) is 0 Å². The minimum Gasteiger partial charge on any atom is -0.497 e. The van der Waals surface area contributed by atoms with Crippen LogP contribution >= 0.6 is 0 Å². The van der Waals surface area contributed by atoms with Crippen molar-refractivity contribution in [1.82, 2.24) is 4.90 Å². The molecule has 0 N–H and O–H groups in total. The van der Waals surface area contributed by atoms with Crippen LogP contribution in [0, 0.1) is 0 Å². The number of carbonyl (C=O) groups excluding carboxylic acids is 1. The van der Waals surface area contributed by atoms with Crippen molar-refractivity contribution in [1.29, 1.82) is 0 Å². The Balaban J connectivity index is 1.64. The highest BCUT2D eigenvalue weighted by Gasteiger charge is 2.08. The van der Waals surface area contributed by atoms with Crippen molar-refractivity contribution in [2.24, 2.45) is 0 Å². The highest BCUT2D eigenvalue weighted by atomic mass is 16.5. The van der Waals surface area contributed by atoms with E-state index in [1.807, 2.05) is 61.6 Å². The van der Waals surface area contributed by atoms with E-state index in [0.29, 0.717) is 19.6 Å². The van der Waals surface area contributed by atoms with Crippen LogP contribution in [0.5, 0.6) is 11.5 Å². The summed E-state index contributed by atoms with van der Waals surface area (Å²) in [5, 5.41) is 0. The molecule has 0 saturated carbocycles. The molecule has 0 heterocycles. The van der Waals surface area contributed by atoms with Crippen molar-refractivity contribution in [3.05, 3.63) is 60.2 Å². The van der Waals surface area contributed by atoms with Gasteiger partial charge in [-0.05, 0) is 42.7 Å². The summed E-state index contributed by atoms with van der Waals surface area (Å²) in [6.45, 7) is 1.27. The molecule has 0 atom stereocenters. The molecular weight excluding hydrogens is 302 g/mol. The topological polar surface area (TPSA) is 38.8 Å². The predicted molar refractivity (Wildman–Crippen MR) is 95.5 cm³/mol. The van der Waals surface area contributed by atoms with Crippen LogP contribution in [-0.4, -0.2) is 38.1 Å². The summed E-state index contributed by atoms with van der Waals surface area (Å²) >= 11 is 0. The Labute approximate surface area is 144 Å². The fourth-order valence-corrected chi connectivity index (χ4v) is 2.33. The summed E-state index contributed by atoms with van der Waals surface area (Å²) in [5.74, 6) is 1.85. The van der Waals surface area contributed by atoms with Crippen molar-refractivity contribution in [2.45, 2.75) is 19.3 Å². The average Bonchev–Trinajstić information content (AvgIpc) is 2.64. The molecule has 0 bridgehead atoms. The minimum atomic E-state index is 0.153. The molecule has 0 aromatic heterocycles. The SMILES string of the molecule is COc1ccc(CCN(C)C(=O)CCCOc2ccccc2)cc1. The molecule has 4 heteroatoms. The van der Waals surface area contributed by atoms with Crippen LogP contribution in [0.25, 0.3) is 0 Å². The quantitative estimate of drug-likeness (QED) is 0.661. The molecule has 0 radical (unpaired) electrons. The molecule has 0 spiro atoms. The maximum Gasteiger partial charge on any atom is 0.222 e. The molecule has 2 rings (SSSR count). The van der Waals surface area contributed by atoms with Crippen LogP contribution < -0.4 is 9.47 Å². The van der Waals surface area contributed by atoms with E-state index in [4.69, 9.17) is 9.47 Å². The molecule has 2 aromatic carbocycles. The maximum atomic E-state index is 12.1. The van der Waals surface area contributed by atoms with Gasteiger partial charge < -0.3 is 14.4 Å². The molecule has 128 valence electrons. The second-order valence-corrected chi connectivity index (χ2v) is 5.68. The summed E-state index contributed by atoms with van der Waals surface area (Å²) in [6, 6.07) is 17.6. The zero-order valence-corrected chi connectivity index (χ0v) is 14.4. The molecule has 0 aliphatic carbocycles.